The van der Waals surface area contributed by atoms with Crippen molar-refractivity contribution in [1.29, 1.82) is 0 Å². The Morgan fingerprint density at radius 1 is 1.21 bits per heavy atom. The van der Waals surface area contributed by atoms with E-state index >= 15 is 0 Å². The van der Waals surface area contributed by atoms with E-state index in [2.05, 4.69) is 47.1 Å². The molecule has 0 radical (unpaired) electrons. The molecule has 4 nitrogen and oxygen atoms in total. The van der Waals surface area contributed by atoms with Crippen molar-refractivity contribution in [1.82, 2.24) is 9.97 Å². The molecule has 0 saturated carbocycles. The van der Waals surface area contributed by atoms with Crippen LogP contribution in [0.15, 0.2) is 38.4 Å². The number of benzene rings is 1. The van der Waals surface area contributed by atoms with Gasteiger partial charge in [-0.2, -0.15) is 4.98 Å². The van der Waals surface area contributed by atoms with Crippen molar-refractivity contribution < 1.29 is 4.74 Å². The van der Waals surface area contributed by atoms with E-state index in [9.17, 15) is 0 Å². The van der Waals surface area contributed by atoms with Gasteiger partial charge in [0.1, 0.15) is 11.6 Å². The molecule has 1 N–H and O–H groups in total. The van der Waals surface area contributed by atoms with Gasteiger partial charge in [-0.05, 0) is 40.4 Å². The predicted octanol–water partition coefficient (Wildman–Crippen LogP) is 4.56. The number of anilines is 1. The maximum atomic E-state index is 5.78. The third kappa shape index (κ3) is 3.84. The smallest absolute Gasteiger partial charge is 0.225 e. The van der Waals surface area contributed by atoms with E-state index in [1.807, 2.05) is 31.5 Å². The third-order valence-corrected chi connectivity index (χ3v) is 3.89. The molecule has 19 heavy (non-hydrogen) atoms. The molecule has 1 aromatic carbocycles. The van der Waals surface area contributed by atoms with Gasteiger partial charge in [0, 0.05) is 17.6 Å². The number of hydrogen-bond donors (Lipinski definition) is 1. The molecule has 0 bridgehead atoms. The van der Waals surface area contributed by atoms with Crippen LogP contribution in [0.5, 0.6) is 11.6 Å². The van der Waals surface area contributed by atoms with Crippen molar-refractivity contribution in [2.45, 2.75) is 5.16 Å². The lowest BCUT2D eigenvalue weighted by Crippen LogP contribution is -1.98. The van der Waals surface area contributed by atoms with Crippen LogP contribution in [0.25, 0.3) is 0 Å². The summed E-state index contributed by atoms with van der Waals surface area (Å²) >= 11 is 8.33. The van der Waals surface area contributed by atoms with Crippen LogP contribution >= 0.6 is 43.6 Å². The summed E-state index contributed by atoms with van der Waals surface area (Å²) in [6, 6.07) is 7.46. The Labute approximate surface area is 132 Å². The first-order valence-electron chi connectivity index (χ1n) is 5.36. The fourth-order valence-corrected chi connectivity index (χ4v) is 2.84. The summed E-state index contributed by atoms with van der Waals surface area (Å²) in [6.07, 6.45) is 1.92. The van der Waals surface area contributed by atoms with E-state index in [0.717, 1.165) is 14.8 Å². The zero-order chi connectivity index (χ0) is 13.8. The Kier molecular flexibility index (Phi) is 5.06. The topological polar surface area (TPSA) is 47.0 Å². The molecule has 0 aliphatic carbocycles. The number of thioether (sulfide) groups is 1. The number of rotatable bonds is 4. The number of hydrogen-bond acceptors (Lipinski definition) is 5. The van der Waals surface area contributed by atoms with Gasteiger partial charge in [-0.15, -0.1) is 0 Å². The maximum Gasteiger partial charge on any atom is 0.225 e. The maximum absolute atomic E-state index is 5.78. The summed E-state index contributed by atoms with van der Waals surface area (Å²) in [4.78, 5) is 8.61. The summed E-state index contributed by atoms with van der Waals surface area (Å²) in [5.74, 6) is 1.94. The Morgan fingerprint density at radius 2 is 2.00 bits per heavy atom. The lowest BCUT2D eigenvalue weighted by molar-refractivity contribution is 0.453. The Balaban J connectivity index is 2.31. The van der Waals surface area contributed by atoms with E-state index in [1.54, 1.807) is 6.07 Å². The van der Waals surface area contributed by atoms with E-state index in [4.69, 9.17) is 4.74 Å². The number of nitrogens with one attached hydrogen (secondary N) is 1. The van der Waals surface area contributed by atoms with Gasteiger partial charge < -0.3 is 10.1 Å². The standard InChI is InChI=1S/C12H11Br2N3OS/c1-15-10-6-11(17-12(16-10)19-2)18-9-4-3-7(13)5-8(9)14/h3-6H,1-2H3,(H,15,16,17). The minimum absolute atomic E-state index is 0.506. The average Bonchev–Trinajstić information content (AvgIpc) is 2.41. The van der Waals surface area contributed by atoms with Crippen LogP contribution in [-0.4, -0.2) is 23.3 Å². The van der Waals surface area contributed by atoms with Gasteiger partial charge in [0.25, 0.3) is 0 Å². The second-order valence-corrected chi connectivity index (χ2v) is 6.05. The monoisotopic (exact) mass is 403 g/mol. The second-order valence-electron chi connectivity index (χ2n) is 3.50. The van der Waals surface area contributed by atoms with Gasteiger partial charge >= 0.3 is 0 Å². The summed E-state index contributed by atoms with van der Waals surface area (Å²) in [5.41, 5.74) is 0. The minimum atomic E-state index is 0.506. The first-order chi connectivity index (χ1) is 9.12. The Bertz CT molecular complexity index is 573. The van der Waals surface area contributed by atoms with Crippen molar-refractivity contribution in [2.24, 2.45) is 0 Å². The molecule has 0 amide bonds. The molecule has 0 aliphatic heterocycles. The van der Waals surface area contributed by atoms with Crippen LogP contribution in [0.4, 0.5) is 5.82 Å². The van der Waals surface area contributed by atoms with Crippen molar-refractivity contribution in [2.75, 3.05) is 18.6 Å². The zero-order valence-corrected chi connectivity index (χ0v) is 14.3. The number of halogens is 2. The van der Waals surface area contributed by atoms with Crippen LogP contribution in [0.1, 0.15) is 0 Å². The molecule has 0 atom stereocenters. The molecule has 0 fully saturated rings. The number of ether oxygens (including phenoxy) is 1. The van der Waals surface area contributed by atoms with Gasteiger partial charge in [0.05, 0.1) is 4.47 Å². The van der Waals surface area contributed by atoms with Crippen molar-refractivity contribution in [3.8, 4) is 11.6 Å². The van der Waals surface area contributed by atoms with Crippen LogP contribution in [0.2, 0.25) is 0 Å². The molecule has 0 saturated heterocycles. The van der Waals surface area contributed by atoms with Gasteiger partial charge in [-0.3, -0.25) is 0 Å². The molecule has 0 unspecified atom stereocenters. The first-order valence-corrected chi connectivity index (χ1v) is 8.17. The van der Waals surface area contributed by atoms with Crippen LogP contribution in [-0.2, 0) is 0 Å². The molecule has 7 heteroatoms. The molecule has 0 spiro atoms. The van der Waals surface area contributed by atoms with E-state index in [-0.39, 0.29) is 0 Å². The second kappa shape index (κ2) is 6.58. The van der Waals surface area contributed by atoms with Crippen LogP contribution in [0, 0.1) is 0 Å². The molecular weight excluding hydrogens is 394 g/mol. The van der Waals surface area contributed by atoms with E-state index < -0.39 is 0 Å². The minimum Gasteiger partial charge on any atom is -0.438 e. The van der Waals surface area contributed by atoms with Crippen molar-refractivity contribution in [3.05, 3.63) is 33.2 Å². The highest BCUT2D eigenvalue weighted by Gasteiger charge is 2.08. The highest BCUT2D eigenvalue weighted by molar-refractivity contribution is 9.11. The van der Waals surface area contributed by atoms with E-state index in [1.165, 1.54) is 11.8 Å². The van der Waals surface area contributed by atoms with Gasteiger partial charge in [-0.1, -0.05) is 27.7 Å². The highest BCUT2D eigenvalue weighted by atomic mass is 79.9. The Morgan fingerprint density at radius 3 is 2.63 bits per heavy atom. The molecule has 1 heterocycles. The molecule has 1 aromatic heterocycles. The predicted molar refractivity (Wildman–Crippen MR) is 85.3 cm³/mol. The fourth-order valence-electron chi connectivity index (χ4n) is 1.35. The summed E-state index contributed by atoms with van der Waals surface area (Å²) in [6.45, 7) is 0. The van der Waals surface area contributed by atoms with Crippen LogP contribution in [0.3, 0.4) is 0 Å². The summed E-state index contributed by atoms with van der Waals surface area (Å²) < 4.78 is 7.62. The average molecular weight is 405 g/mol. The van der Waals surface area contributed by atoms with Gasteiger partial charge in [0.15, 0.2) is 5.16 Å². The van der Waals surface area contributed by atoms with Crippen molar-refractivity contribution in [3.63, 3.8) is 0 Å². The first kappa shape index (κ1) is 14.6. The van der Waals surface area contributed by atoms with Gasteiger partial charge in [-0.25, -0.2) is 4.98 Å². The van der Waals surface area contributed by atoms with E-state index in [0.29, 0.717) is 16.8 Å². The zero-order valence-electron chi connectivity index (χ0n) is 10.3. The highest BCUT2D eigenvalue weighted by Crippen LogP contribution is 2.32. The summed E-state index contributed by atoms with van der Waals surface area (Å²) in [5, 5.41) is 3.65. The lowest BCUT2D eigenvalue weighted by Gasteiger charge is -2.09. The largest absolute Gasteiger partial charge is 0.438 e. The number of nitrogens with zero attached hydrogens (tertiary/aromatic N) is 2. The van der Waals surface area contributed by atoms with Crippen LogP contribution < -0.4 is 10.1 Å². The molecule has 0 aliphatic rings. The number of aromatic nitrogens is 2. The Hall–Kier alpha value is -0.790. The quantitative estimate of drug-likeness (QED) is 0.597. The molecule has 2 rings (SSSR count). The lowest BCUT2D eigenvalue weighted by atomic mass is 10.3. The summed E-state index contributed by atoms with van der Waals surface area (Å²) in [7, 11) is 1.81. The normalized spacial score (nSPS) is 10.3. The van der Waals surface area contributed by atoms with Gasteiger partial charge in [0.2, 0.25) is 5.88 Å². The molecule has 100 valence electrons. The third-order valence-electron chi connectivity index (χ3n) is 2.23. The molecule has 2 aromatic rings. The molecular formula is C12H11Br2N3OS. The SMILES string of the molecule is CNc1cc(Oc2ccc(Br)cc2Br)nc(SC)n1. The fraction of sp³-hybridized carbons (Fsp3) is 0.167. The van der Waals surface area contributed by atoms with Crippen molar-refractivity contribution >= 4 is 49.4 Å².